The van der Waals surface area contributed by atoms with E-state index in [1.165, 1.54) is 35.3 Å². The van der Waals surface area contributed by atoms with Crippen LogP contribution in [0.4, 0.5) is 4.39 Å². The molecule has 0 radical (unpaired) electrons. The first kappa shape index (κ1) is 17.6. The second-order valence-electron chi connectivity index (χ2n) is 5.25. The van der Waals surface area contributed by atoms with Crippen molar-refractivity contribution in [2.45, 2.75) is 12.8 Å². The van der Waals surface area contributed by atoms with E-state index in [1.807, 2.05) is 0 Å². The third kappa shape index (κ3) is 4.07. The Morgan fingerprint density at radius 1 is 1.20 bits per heavy atom. The van der Waals surface area contributed by atoms with Crippen molar-refractivity contribution in [2.75, 3.05) is 0 Å². The number of ether oxygens (including phenoxy) is 1. The van der Waals surface area contributed by atoms with E-state index in [4.69, 9.17) is 27.9 Å². The highest BCUT2D eigenvalue weighted by Gasteiger charge is 2.23. The highest BCUT2D eigenvalue weighted by atomic mass is 35.5. The molecule has 128 valence electrons. The molecule has 0 saturated heterocycles. The van der Waals surface area contributed by atoms with Gasteiger partial charge in [-0.25, -0.2) is 9.37 Å². The summed E-state index contributed by atoms with van der Waals surface area (Å²) in [6.07, 6.45) is 3.56. The molecule has 0 aliphatic rings. The fraction of sp³-hybridized carbons (Fsp3) is 0.111. The number of halogens is 3. The molecule has 25 heavy (non-hydrogen) atoms. The lowest BCUT2D eigenvalue weighted by Crippen LogP contribution is -2.22. The summed E-state index contributed by atoms with van der Waals surface area (Å²) in [6.45, 7) is 0.0163. The van der Waals surface area contributed by atoms with Crippen molar-refractivity contribution < 1.29 is 13.9 Å². The monoisotopic (exact) mass is 378 g/mol. The molecular formula is C18H13Cl2FN2O2. The first-order valence-corrected chi connectivity index (χ1v) is 8.13. The number of nitrogens with zero attached hydrogens (tertiary/aromatic N) is 2. The summed E-state index contributed by atoms with van der Waals surface area (Å²) in [5.74, 6) is -0.898. The van der Waals surface area contributed by atoms with Gasteiger partial charge in [-0.3, -0.25) is 4.79 Å². The van der Waals surface area contributed by atoms with Crippen LogP contribution in [0.1, 0.15) is 22.1 Å². The summed E-state index contributed by atoms with van der Waals surface area (Å²) in [5, 5.41) is 0.880. The average Bonchev–Trinajstić information content (AvgIpc) is 3.11. The molecule has 2 aromatic carbocycles. The maximum Gasteiger partial charge on any atom is 0.212 e. The predicted octanol–water partition coefficient (Wildman–Crippen LogP) is 4.93. The summed E-state index contributed by atoms with van der Waals surface area (Å²) >= 11 is 12.3. The molecule has 1 atom stereocenters. The molecule has 3 rings (SSSR count). The van der Waals surface area contributed by atoms with Crippen molar-refractivity contribution in [1.82, 2.24) is 9.55 Å². The standard InChI is InChI=1S/C18H13Cl2FN2O2/c19-15-5-2-6-16(20)14(15)10-25-18(23-8-7-22-11-23)17(24)12-3-1-4-13(21)9-12/h1-9,11,18H,10H2. The van der Waals surface area contributed by atoms with E-state index in [-0.39, 0.29) is 12.2 Å². The molecule has 0 amide bonds. The molecule has 0 N–H and O–H groups in total. The zero-order valence-electron chi connectivity index (χ0n) is 12.9. The highest BCUT2D eigenvalue weighted by molar-refractivity contribution is 6.35. The number of Topliss-reactive ketones (excluding diaryl/α,β-unsaturated/α-hetero) is 1. The van der Waals surface area contributed by atoms with Crippen molar-refractivity contribution in [3.8, 4) is 0 Å². The summed E-state index contributed by atoms with van der Waals surface area (Å²) < 4.78 is 20.7. The van der Waals surface area contributed by atoms with E-state index >= 15 is 0 Å². The molecule has 4 nitrogen and oxygen atoms in total. The van der Waals surface area contributed by atoms with Gasteiger partial charge in [0.25, 0.3) is 0 Å². The average molecular weight is 379 g/mol. The molecular weight excluding hydrogens is 366 g/mol. The Balaban J connectivity index is 1.87. The van der Waals surface area contributed by atoms with E-state index in [9.17, 15) is 9.18 Å². The van der Waals surface area contributed by atoms with Crippen LogP contribution in [0.3, 0.4) is 0 Å². The van der Waals surface area contributed by atoms with Crippen molar-refractivity contribution in [3.05, 3.63) is 88.2 Å². The summed E-state index contributed by atoms with van der Waals surface area (Å²) in [6, 6.07) is 10.5. The van der Waals surface area contributed by atoms with Crippen LogP contribution in [0.5, 0.6) is 0 Å². The van der Waals surface area contributed by atoms with Gasteiger partial charge >= 0.3 is 0 Å². The van der Waals surface area contributed by atoms with Crippen LogP contribution in [0, 0.1) is 5.82 Å². The lowest BCUT2D eigenvalue weighted by Gasteiger charge is -2.19. The van der Waals surface area contributed by atoms with Gasteiger partial charge in [-0.05, 0) is 24.3 Å². The van der Waals surface area contributed by atoms with Crippen molar-refractivity contribution >= 4 is 29.0 Å². The molecule has 0 saturated carbocycles. The summed E-state index contributed by atoms with van der Waals surface area (Å²) in [7, 11) is 0. The minimum Gasteiger partial charge on any atom is -0.345 e. The third-order valence-electron chi connectivity index (χ3n) is 3.58. The maximum absolute atomic E-state index is 13.4. The van der Waals surface area contributed by atoms with Crippen LogP contribution in [0.2, 0.25) is 10.0 Å². The number of hydrogen-bond acceptors (Lipinski definition) is 3. The first-order valence-electron chi connectivity index (χ1n) is 7.38. The van der Waals surface area contributed by atoms with Gasteiger partial charge in [0.2, 0.25) is 5.78 Å². The molecule has 0 aliphatic heterocycles. The fourth-order valence-electron chi connectivity index (χ4n) is 2.32. The zero-order valence-corrected chi connectivity index (χ0v) is 14.4. The quantitative estimate of drug-likeness (QED) is 0.571. The lowest BCUT2D eigenvalue weighted by atomic mass is 10.1. The van der Waals surface area contributed by atoms with Gasteiger partial charge in [-0.2, -0.15) is 0 Å². The Bertz CT molecular complexity index is 864. The van der Waals surface area contributed by atoms with Gasteiger partial charge in [-0.15, -0.1) is 0 Å². The fourth-order valence-corrected chi connectivity index (χ4v) is 2.83. The molecule has 3 aromatic rings. The number of ketones is 1. The van der Waals surface area contributed by atoms with E-state index in [0.717, 1.165) is 6.07 Å². The van der Waals surface area contributed by atoms with E-state index < -0.39 is 17.8 Å². The van der Waals surface area contributed by atoms with Gasteiger partial charge in [0.05, 0.1) is 12.9 Å². The number of rotatable bonds is 6. The molecule has 0 spiro atoms. The Morgan fingerprint density at radius 3 is 2.56 bits per heavy atom. The Morgan fingerprint density at radius 2 is 1.92 bits per heavy atom. The van der Waals surface area contributed by atoms with Crippen LogP contribution >= 0.6 is 23.2 Å². The Labute approximate surface area is 153 Å². The highest BCUT2D eigenvalue weighted by Crippen LogP contribution is 2.27. The molecule has 1 aromatic heterocycles. The van der Waals surface area contributed by atoms with E-state index in [2.05, 4.69) is 4.98 Å². The van der Waals surface area contributed by atoms with Crippen LogP contribution in [0.25, 0.3) is 0 Å². The lowest BCUT2D eigenvalue weighted by molar-refractivity contribution is 0.000861. The number of imidazole rings is 1. The Hall–Kier alpha value is -2.21. The summed E-state index contributed by atoms with van der Waals surface area (Å²) in [5.41, 5.74) is 0.770. The summed E-state index contributed by atoms with van der Waals surface area (Å²) in [4.78, 5) is 16.7. The van der Waals surface area contributed by atoms with Gasteiger partial charge in [0.1, 0.15) is 5.82 Å². The number of benzene rings is 2. The molecule has 1 unspecified atom stereocenters. The number of carbonyl (C=O) groups is 1. The second kappa shape index (κ2) is 7.78. The molecule has 1 heterocycles. The van der Waals surface area contributed by atoms with Crippen LogP contribution in [0.15, 0.2) is 61.2 Å². The second-order valence-corrected chi connectivity index (χ2v) is 6.06. The smallest absolute Gasteiger partial charge is 0.212 e. The number of carbonyl (C=O) groups excluding carboxylic acids is 1. The van der Waals surface area contributed by atoms with Gasteiger partial charge < -0.3 is 9.30 Å². The van der Waals surface area contributed by atoms with Crippen LogP contribution in [-0.2, 0) is 11.3 Å². The minimum absolute atomic E-state index is 0.0163. The number of hydrogen-bond donors (Lipinski definition) is 0. The first-order chi connectivity index (χ1) is 12.1. The van der Waals surface area contributed by atoms with Gasteiger partial charge in [0.15, 0.2) is 6.23 Å². The van der Waals surface area contributed by atoms with E-state index in [0.29, 0.717) is 15.6 Å². The maximum atomic E-state index is 13.4. The van der Waals surface area contributed by atoms with Crippen molar-refractivity contribution in [2.24, 2.45) is 0 Å². The van der Waals surface area contributed by atoms with Crippen molar-refractivity contribution in [1.29, 1.82) is 0 Å². The normalized spacial score (nSPS) is 12.1. The SMILES string of the molecule is O=C(c1cccc(F)c1)C(OCc1c(Cl)cccc1Cl)n1ccnc1. The third-order valence-corrected chi connectivity index (χ3v) is 4.28. The molecule has 0 fully saturated rings. The predicted molar refractivity (Wildman–Crippen MR) is 93.2 cm³/mol. The molecule has 0 bridgehead atoms. The van der Waals surface area contributed by atoms with Crippen LogP contribution in [-0.4, -0.2) is 15.3 Å². The van der Waals surface area contributed by atoms with Crippen LogP contribution < -0.4 is 0 Å². The largest absolute Gasteiger partial charge is 0.345 e. The van der Waals surface area contributed by atoms with Crippen molar-refractivity contribution in [3.63, 3.8) is 0 Å². The Kier molecular flexibility index (Phi) is 5.48. The number of aromatic nitrogens is 2. The topological polar surface area (TPSA) is 44.1 Å². The molecule has 0 aliphatic carbocycles. The zero-order chi connectivity index (χ0) is 17.8. The van der Waals surface area contributed by atoms with Gasteiger partial charge in [-0.1, -0.05) is 41.4 Å². The van der Waals surface area contributed by atoms with Gasteiger partial charge in [0, 0.05) is 33.6 Å². The minimum atomic E-state index is -1.02. The van der Waals surface area contributed by atoms with E-state index in [1.54, 1.807) is 24.4 Å². The molecule has 7 heteroatoms.